The summed E-state index contributed by atoms with van der Waals surface area (Å²) < 4.78 is 0. The van der Waals surface area contributed by atoms with Crippen LogP contribution in [0, 0.1) is 11.8 Å². The number of alkyl halides is 1. The van der Waals surface area contributed by atoms with E-state index in [1.54, 1.807) is 0 Å². The van der Waals surface area contributed by atoms with E-state index in [-0.39, 0.29) is 10.7 Å². The van der Waals surface area contributed by atoms with Crippen molar-refractivity contribution in [3.05, 3.63) is 0 Å². The number of hydrogen-bond acceptors (Lipinski definition) is 2. The highest BCUT2D eigenvalue weighted by Crippen LogP contribution is 2.33. The topological polar surface area (TPSA) is 74.6 Å². The summed E-state index contributed by atoms with van der Waals surface area (Å²) in [7, 11) is 0. The van der Waals surface area contributed by atoms with Crippen LogP contribution in [0.3, 0.4) is 0 Å². The standard InChI is InChI=1S/C8H11BrO4/c9-6-3-4(7(10)11)1-2-5(6)8(12)13/h4-6H,1-3H2,(H,10,11)(H,12,13). The lowest BCUT2D eigenvalue weighted by Crippen LogP contribution is -2.33. The third-order valence-corrected chi connectivity index (χ3v) is 3.45. The second kappa shape index (κ2) is 4.09. The van der Waals surface area contributed by atoms with Crippen LogP contribution in [0.5, 0.6) is 0 Å². The van der Waals surface area contributed by atoms with E-state index >= 15 is 0 Å². The highest BCUT2D eigenvalue weighted by molar-refractivity contribution is 9.09. The van der Waals surface area contributed by atoms with E-state index in [0.717, 1.165) is 0 Å². The molecule has 5 heteroatoms. The summed E-state index contributed by atoms with van der Waals surface area (Å²) in [6, 6.07) is 0. The van der Waals surface area contributed by atoms with Crippen molar-refractivity contribution in [3.8, 4) is 0 Å². The van der Waals surface area contributed by atoms with Gasteiger partial charge in [0.1, 0.15) is 0 Å². The third-order valence-electron chi connectivity index (χ3n) is 2.44. The van der Waals surface area contributed by atoms with Crippen molar-refractivity contribution in [1.29, 1.82) is 0 Å². The first-order valence-corrected chi connectivity index (χ1v) is 5.03. The fourth-order valence-corrected chi connectivity index (χ4v) is 2.56. The summed E-state index contributed by atoms with van der Waals surface area (Å²) in [6.45, 7) is 0. The maximum absolute atomic E-state index is 10.7. The largest absolute Gasteiger partial charge is 0.481 e. The second-order valence-electron chi connectivity index (χ2n) is 3.31. The molecule has 0 aromatic carbocycles. The van der Waals surface area contributed by atoms with Gasteiger partial charge < -0.3 is 10.2 Å². The predicted molar refractivity (Wildman–Crippen MR) is 48.8 cm³/mol. The SMILES string of the molecule is O=C(O)C1CCC(C(=O)O)C(Br)C1. The highest BCUT2D eigenvalue weighted by atomic mass is 79.9. The van der Waals surface area contributed by atoms with E-state index in [4.69, 9.17) is 10.2 Å². The predicted octanol–water partition coefficient (Wildman–Crippen LogP) is 1.34. The van der Waals surface area contributed by atoms with E-state index in [9.17, 15) is 9.59 Å². The van der Waals surface area contributed by atoms with Crippen LogP contribution in [0.15, 0.2) is 0 Å². The van der Waals surface area contributed by atoms with Gasteiger partial charge in [-0.2, -0.15) is 0 Å². The molecule has 13 heavy (non-hydrogen) atoms. The average Bonchev–Trinajstić information content (AvgIpc) is 2.03. The molecule has 0 amide bonds. The van der Waals surface area contributed by atoms with Gasteiger partial charge in [0.05, 0.1) is 11.8 Å². The van der Waals surface area contributed by atoms with Crippen LogP contribution in [-0.2, 0) is 9.59 Å². The van der Waals surface area contributed by atoms with Crippen molar-refractivity contribution in [1.82, 2.24) is 0 Å². The molecule has 0 radical (unpaired) electrons. The van der Waals surface area contributed by atoms with Gasteiger partial charge in [-0.25, -0.2) is 0 Å². The Morgan fingerprint density at radius 3 is 2.15 bits per heavy atom. The maximum Gasteiger partial charge on any atom is 0.307 e. The lowest BCUT2D eigenvalue weighted by atomic mass is 9.82. The van der Waals surface area contributed by atoms with Crippen molar-refractivity contribution >= 4 is 27.9 Å². The average molecular weight is 251 g/mol. The summed E-state index contributed by atoms with van der Waals surface area (Å²) in [5, 5.41) is 17.5. The van der Waals surface area contributed by atoms with Crippen LogP contribution >= 0.6 is 15.9 Å². The Labute approximate surface area is 84.1 Å². The van der Waals surface area contributed by atoms with Crippen molar-refractivity contribution in [2.75, 3.05) is 0 Å². The van der Waals surface area contributed by atoms with Gasteiger partial charge in [-0.1, -0.05) is 15.9 Å². The number of halogens is 1. The smallest absolute Gasteiger partial charge is 0.307 e. The molecule has 74 valence electrons. The summed E-state index contributed by atoms with van der Waals surface area (Å²) >= 11 is 3.22. The Hall–Kier alpha value is -0.580. The first-order chi connectivity index (χ1) is 6.02. The van der Waals surface area contributed by atoms with Crippen molar-refractivity contribution < 1.29 is 19.8 Å². The minimum Gasteiger partial charge on any atom is -0.481 e. The molecule has 1 aliphatic carbocycles. The zero-order valence-electron chi connectivity index (χ0n) is 6.94. The van der Waals surface area contributed by atoms with Crippen LogP contribution in [-0.4, -0.2) is 27.0 Å². The number of carbonyl (C=O) groups is 2. The molecule has 1 saturated carbocycles. The Bertz CT molecular complexity index is 228. The molecule has 4 nitrogen and oxygen atoms in total. The summed E-state index contributed by atoms with van der Waals surface area (Å²) in [5.41, 5.74) is 0. The molecule has 1 fully saturated rings. The van der Waals surface area contributed by atoms with Gasteiger partial charge in [0.2, 0.25) is 0 Å². The fourth-order valence-electron chi connectivity index (χ4n) is 1.62. The lowest BCUT2D eigenvalue weighted by molar-refractivity contribution is -0.147. The molecular weight excluding hydrogens is 240 g/mol. The summed E-state index contributed by atoms with van der Waals surface area (Å²) in [6.07, 6.45) is 1.32. The van der Waals surface area contributed by atoms with Gasteiger partial charge in [0.25, 0.3) is 0 Å². The van der Waals surface area contributed by atoms with Crippen LogP contribution in [0.4, 0.5) is 0 Å². The molecule has 3 unspecified atom stereocenters. The molecule has 2 N–H and O–H groups in total. The molecule has 1 rings (SSSR count). The fraction of sp³-hybridized carbons (Fsp3) is 0.750. The van der Waals surface area contributed by atoms with E-state index in [1.165, 1.54) is 0 Å². The molecular formula is C8H11BrO4. The second-order valence-corrected chi connectivity index (χ2v) is 4.49. The third kappa shape index (κ3) is 2.43. The van der Waals surface area contributed by atoms with Crippen molar-refractivity contribution in [3.63, 3.8) is 0 Å². The van der Waals surface area contributed by atoms with Crippen molar-refractivity contribution in [2.24, 2.45) is 11.8 Å². The first-order valence-electron chi connectivity index (χ1n) is 4.12. The maximum atomic E-state index is 10.7. The zero-order chi connectivity index (χ0) is 10.0. The Balaban J connectivity index is 2.56. The van der Waals surface area contributed by atoms with Gasteiger partial charge in [0, 0.05) is 4.83 Å². The monoisotopic (exact) mass is 250 g/mol. The van der Waals surface area contributed by atoms with Gasteiger partial charge in [-0.15, -0.1) is 0 Å². The van der Waals surface area contributed by atoms with E-state index in [2.05, 4.69) is 15.9 Å². The molecule has 0 aromatic heterocycles. The van der Waals surface area contributed by atoms with Crippen molar-refractivity contribution in [2.45, 2.75) is 24.1 Å². The molecule has 0 aromatic rings. The van der Waals surface area contributed by atoms with E-state index < -0.39 is 17.9 Å². The Kier molecular flexibility index (Phi) is 3.30. The quantitative estimate of drug-likeness (QED) is 0.726. The summed E-state index contributed by atoms with van der Waals surface area (Å²) in [4.78, 5) is 21.1. The van der Waals surface area contributed by atoms with Crippen LogP contribution in [0.2, 0.25) is 0 Å². The molecule has 0 spiro atoms. The van der Waals surface area contributed by atoms with Gasteiger partial charge in [0.15, 0.2) is 0 Å². The zero-order valence-corrected chi connectivity index (χ0v) is 8.53. The molecule has 1 aliphatic rings. The number of carboxylic acids is 2. The number of rotatable bonds is 2. The van der Waals surface area contributed by atoms with E-state index in [0.29, 0.717) is 19.3 Å². The van der Waals surface area contributed by atoms with Crippen LogP contribution < -0.4 is 0 Å². The Morgan fingerprint density at radius 1 is 1.15 bits per heavy atom. The normalized spacial score (nSPS) is 34.1. The Morgan fingerprint density at radius 2 is 1.77 bits per heavy atom. The number of aliphatic carboxylic acids is 2. The van der Waals surface area contributed by atoms with Crippen LogP contribution in [0.25, 0.3) is 0 Å². The highest BCUT2D eigenvalue weighted by Gasteiger charge is 2.35. The first kappa shape index (κ1) is 10.5. The molecule has 3 atom stereocenters. The summed E-state index contributed by atoms with van der Waals surface area (Å²) in [5.74, 6) is -2.49. The number of hydrogen-bond donors (Lipinski definition) is 2. The molecule has 0 aliphatic heterocycles. The number of carboxylic acid groups (broad SMARTS) is 2. The van der Waals surface area contributed by atoms with Gasteiger partial charge >= 0.3 is 11.9 Å². The minimum atomic E-state index is -0.842. The van der Waals surface area contributed by atoms with Gasteiger partial charge in [-0.05, 0) is 19.3 Å². The van der Waals surface area contributed by atoms with Crippen LogP contribution in [0.1, 0.15) is 19.3 Å². The van der Waals surface area contributed by atoms with Gasteiger partial charge in [-0.3, -0.25) is 9.59 Å². The molecule has 0 heterocycles. The van der Waals surface area contributed by atoms with E-state index in [1.807, 2.05) is 0 Å². The molecule has 0 bridgehead atoms. The molecule has 0 saturated heterocycles. The lowest BCUT2D eigenvalue weighted by Gasteiger charge is -2.27. The minimum absolute atomic E-state index is 0.208.